The first kappa shape index (κ1) is 12.8. The SMILES string of the molecule is C=CCn1c(C)nc(CCCCCC)c1N. The molecule has 0 fully saturated rings. The van der Waals surface area contributed by atoms with Gasteiger partial charge in [-0.25, -0.2) is 4.98 Å². The van der Waals surface area contributed by atoms with E-state index in [9.17, 15) is 0 Å². The Bertz CT molecular complexity index is 339. The van der Waals surface area contributed by atoms with Crippen LogP contribution in [0.4, 0.5) is 5.82 Å². The summed E-state index contributed by atoms with van der Waals surface area (Å²) < 4.78 is 2.02. The van der Waals surface area contributed by atoms with Gasteiger partial charge in [0, 0.05) is 6.54 Å². The van der Waals surface area contributed by atoms with Crippen molar-refractivity contribution in [1.29, 1.82) is 0 Å². The number of aryl methyl sites for hydroxylation is 2. The standard InChI is InChI=1S/C13H23N3/c1-4-6-7-8-9-12-13(14)16(10-5-2)11(3)15-12/h5H,2,4,6-10,14H2,1,3H3. The highest BCUT2D eigenvalue weighted by molar-refractivity contribution is 5.38. The van der Waals surface area contributed by atoms with Gasteiger partial charge in [-0.2, -0.15) is 0 Å². The Hall–Kier alpha value is -1.25. The average Bonchev–Trinajstić information content (AvgIpc) is 2.53. The summed E-state index contributed by atoms with van der Waals surface area (Å²) in [6, 6.07) is 0. The van der Waals surface area contributed by atoms with E-state index < -0.39 is 0 Å². The van der Waals surface area contributed by atoms with E-state index in [0.29, 0.717) is 0 Å². The van der Waals surface area contributed by atoms with Crippen molar-refractivity contribution >= 4 is 5.82 Å². The number of hydrogen-bond acceptors (Lipinski definition) is 2. The molecule has 0 aliphatic rings. The van der Waals surface area contributed by atoms with Crippen LogP contribution >= 0.6 is 0 Å². The zero-order valence-electron chi connectivity index (χ0n) is 10.5. The van der Waals surface area contributed by atoms with Crippen LogP contribution in [-0.2, 0) is 13.0 Å². The number of aromatic nitrogens is 2. The fraction of sp³-hybridized carbons (Fsp3) is 0.615. The Morgan fingerprint density at radius 3 is 2.75 bits per heavy atom. The van der Waals surface area contributed by atoms with Crippen LogP contribution in [0.3, 0.4) is 0 Å². The third kappa shape index (κ3) is 3.12. The van der Waals surface area contributed by atoms with Crippen molar-refractivity contribution in [3.63, 3.8) is 0 Å². The number of imidazole rings is 1. The Morgan fingerprint density at radius 2 is 2.12 bits per heavy atom. The van der Waals surface area contributed by atoms with Crippen LogP contribution in [0.25, 0.3) is 0 Å². The molecule has 1 aromatic rings. The Kier molecular flexibility index (Phi) is 5.09. The molecule has 0 aliphatic carbocycles. The summed E-state index contributed by atoms with van der Waals surface area (Å²) in [5, 5.41) is 0. The number of hydrogen-bond donors (Lipinski definition) is 1. The molecular weight excluding hydrogens is 198 g/mol. The maximum atomic E-state index is 6.06. The minimum Gasteiger partial charge on any atom is -0.384 e. The largest absolute Gasteiger partial charge is 0.384 e. The second-order valence-corrected chi connectivity index (χ2v) is 4.20. The van der Waals surface area contributed by atoms with Crippen LogP contribution in [0.1, 0.15) is 44.1 Å². The maximum absolute atomic E-state index is 6.06. The lowest BCUT2D eigenvalue weighted by Crippen LogP contribution is -2.04. The van der Waals surface area contributed by atoms with Gasteiger partial charge in [0.1, 0.15) is 11.6 Å². The van der Waals surface area contributed by atoms with Gasteiger partial charge in [-0.05, 0) is 19.8 Å². The maximum Gasteiger partial charge on any atom is 0.127 e. The summed E-state index contributed by atoms with van der Waals surface area (Å²) in [5.41, 5.74) is 7.11. The summed E-state index contributed by atoms with van der Waals surface area (Å²) in [6.07, 6.45) is 7.86. The van der Waals surface area contributed by atoms with Gasteiger partial charge >= 0.3 is 0 Å². The fourth-order valence-corrected chi connectivity index (χ4v) is 1.91. The summed E-state index contributed by atoms with van der Waals surface area (Å²) >= 11 is 0. The van der Waals surface area contributed by atoms with E-state index in [1.165, 1.54) is 25.7 Å². The van der Waals surface area contributed by atoms with Gasteiger partial charge in [-0.1, -0.05) is 32.3 Å². The molecule has 90 valence electrons. The molecule has 0 atom stereocenters. The van der Waals surface area contributed by atoms with Gasteiger partial charge in [0.25, 0.3) is 0 Å². The normalized spacial score (nSPS) is 10.6. The molecule has 1 heterocycles. The highest BCUT2D eigenvalue weighted by Gasteiger charge is 2.09. The molecule has 0 saturated heterocycles. The summed E-state index contributed by atoms with van der Waals surface area (Å²) in [6.45, 7) is 8.69. The van der Waals surface area contributed by atoms with Crippen molar-refractivity contribution in [2.75, 3.05) is 5.73 Å². The van der Waals surface area contributed by atoms with Gasteiger partial charge in [-0.3, -0.25) is 0 Å². The molecule has 3 nitrogen and oxygen atoms in total. The Balaban J connectivity index is 2.59. The smallest absolute Gasteiger partial charge is 0.127 e. The molecule has 0 aliphatic heterocycles. The van der Waals surface area contributed by atoms with Crippen molar-refractivity contribution in [3.8, 4) is 0 Å². The molecule has 16 heavy (non-hydrogen) atoms. The van der Waals surface area contributed by atoms with Gasteiger partial charge in [0.2, 0.25) is 0 Å². The van der Waals surface area contributed by atoms with Crippen LogP contribution in [0, 0.1) is 6.92 Å². The van der Waals surface area contributed by atoms with Crippen molar-refractivity contribution in [2.24, 2.45) is 0 Å². The molecule has 0 bridgehead atoms. The number of nitrogens with zero attached hydrogens (tertiary/aromatic N) is 2. The molecule has 3 heteroatoms. The van der Waals surface area contributed by atoms with Crippen LogP contribution in [-0.4, -0.2) is 9.55 Å². The van der Waals surface area contributed by atoms with Gasteiger partial charge < -0.3 is 10.3 Å². The number of anilines is 1. The van der Waals surface area contributed by atoms with Crippen LogP contribution in [0.5, 0.6) is 0 Å². The summed E-state index contributed by atoms with van der Waals surface area (Å²) in [4.78, 5) is 4.52. The van der Waals surface area contributed by atoms with E-state index >= 15 is 0 Å². The molecule has 0 radical (unpaired) electrons. The van der Waals surface area contributed by atoms with Gasteiger partial charge in [-0.15, -0.1) is 6.58 Å². The van der Waals surface area contributed by atoms with Gasteiger partial charge in [0.15, 0.2) is 0 Å². The van der Waals surface area contributed by atoms with Crippen molar-refractivity contribution in [1.82, 2.24) is 9.55 Å². The lowest BCUT2D eigenvalue weighted by Gasteiger charge is -2.03. The van der Waals surface area contributed by atoms with E-state index in [1.807, 2.05) is 17.6 Å². The molecular formula is C13H23N3. The zero-order valence-corrected chi connectivity index (χ0v) is 10.5. The first-order chi connectivity index (χ1) is 7.70. The van der Waals surface area contributed by atoms with E-state index in [1.54, 1.807) is 0 Å². The summed E-state index contributed by atoms with van der Waals surface area (Å²) in [5.74, 6) is 1.80. The second kappa shape index (κ2) is 6.36. The first-order valence-corrected chi connectivity index (χ1v) is 6.13. The Labute approximate surface area is 98.4 Å². The summed E-state index contributed by atoms with van der Waals surface area (Å²) in [7, 11) is 0. The highest BCUT2D eigenvalue weighted by Crippen LogP contribution is 2.17. The number of nitrogen functional groups attached to an aromatic ring is 1. The van der Waals surface area contributed by atoms with Crippen LogP contribution < -0.4 is 5.73 Å². The van der Waals surface area contributed by atoms with Crippen molar-refractivity contribution in [3.05, 3.63) is 24.2 Å². The minimum absolute atomic E-state index is 0.750. The molecule has 0 amide bonds. The molecule has 0 aromatic carbocycles. The van der Waals surface area contributed by atoms with Crippen molar-refractivity contribution in [2.45, 2.75) is 52.5 Å². The number of allylic oxidation sites excluding steroid dienone is 1. The number of nitrogens with two attached hydrogens (primary N) is 1. The third-order valence-corrected chi connectivity index (χ3v) is 2.85. The molecule has 1 aromatic heterocycles. The third-order valence-electron chi connectivity index (χ3n) is 2.85. The molecule has 2 N–H and O–H groups in total. The molecule has 0 saturated carbocycles. The van der Waals surface area contributed by atoms with Crippen LogP contribution in [0.2, 0.25) is 0 Å². The number of rotatable bonds is 7. The van der Waals surface area contributed by atoms with E-state index in [4.69, 9.17) is 5.73 Å². The van der Waals surface area contributed by atoms with Crippen molar-refractivity contribution < 1.29 is 0 Å². The first-order valence-electron chi connectivity index (χ1n) is 6.13. The quantitative estimate of drug-likeness (QED) is 0.568. The lowest BCUT2D eigenvalue weighted by molar-refractivity contribution is 0.662. The molecule has 1 rings (SSSR count). The second-order valence-electron chi connectivity index (χ2n) is 4.20. The zero-order chi connectivity index (χ0) is 12.0. The van der Waals surface area contributed by atoms with Crippen LogP contribution in [0.15, 0.2) is 12.7 Å². The average molecular weight is 221 g/mol. The topological polar surface area (TPSA) is 43.8 Å². The monoisotopic (exact) mass is 221 g/mol. The Morgan fingerprint density at radius 1 is 1.38 bits per heavy atom. The fourth-order valence-electron chi connectivity index (χ4n) is 1.91. The highest BCUT2D eigenvalue weighted by atomic mass is 15.1. The molecule has 0 unspecified atom stereocenters. The minimum atomic E-state index is 0.750. The van der Waals surface area contributed by atoms with E-state index in [-0.39, 0.29) is 0 Å². The lowest BCUT2D eigenvalue weighted by atomic mass is 10.1. The predicted molar refractivity (Wildman–Crippen MR) is 69.4 cm³/mol. The van der Waals surface area contributed by atoms with E-state index in [2.05, 4.69) is 18.5 Å². The molecule has 0 spiro atoms. The predicted octanol–water partition coefficient (Wildman–Crippen LogP) is 3.08. The van der Waals surface area contributed by atoms with Gasteiger partial charge in [0.05, 0.1) is 5.69 Å². The van der Waals surface area contributed by atoms with E-state index in [0.717, 1.165) is 30.3 Å². The number of unbranched alkanes of at least 4 members (excludes halogenated alkanes) is 3.